The predicted octanol–water partition coefficient (Wildman–Crippen LogP) is 15.8. The number of hydrogen-bond acceptors (Lipinski definition) is 0. The average Bonchev–Trinajstić information content (AvgIpc) is 3.98. The molecule has 4 heteroatoms. The smallest absolute Gasteiger partial charge is 0.0541 e. The Hall–Kier alpha value is -7.82. The molecule has 0 aliphatic rings. The molecule has 0 atom stereocenters. The van der Waals surface area contributed by atoms with Crippen LogP contribution in [0.1, 0.15) is 33.8 Å². The molecule has 0 saturated carbocycles. The van der Waals surface area contributed by atoms with E-state index in [0.29, 0.717) is 0 Å². The van der Waals surface area contributed by atoms with E-state index in [4.69, 9.17) is 0 Å². The monoisotopic (exact) mass is 824 g/mol. The topological polar surface area (TPSA) is 19.7 Å². The van der Waals surface area contributed by atoms with Gasteiger partial charge in [-0.3, -0.25) is 0 Å². The first-order chi connectivity index (χ1) is 31.2. The molecule has 308 valence electrons. The zero-order chi connectivity index (χ0) is 43.4. The molecule has 0 unspecified atom stereocenters. The van der Waals surface area contributed by atoms with Crippen LogP contribution in [-0.2, 0) is 0 Å². The lowest BCUT2D eigenvalue weighted by atomic mass is 9.98. The van der Waals surface area contributed by atoms with Gasteiger partial charge >= 0.3 is 0 Å². The fourth-order valence-corrected chi connectivity index (χ4v) is 10.6. The Labute approximate surface area is 373 Å². The van der Waals surface area contributed by atoms with Crippen LogP contribution >= 0.6 is 0 Å². The lowest BCUT2D eigenvalue weighted by Gasteiger charge is -2.11. The molecular weight excluding hydrogens is 777 g/mol. The summed E-state index contributed by atoms with van der Waals surface area (Å²) in [7, 11) is 0. The van der Waals surface area contributed by atoms with E-state index in [0.717, 1.165) is 5.69 Å². The van der Waals surface area contributed by atoms with Crippen LogP contribution in [0.15, 0.2) is 182 Å². The first kappa shape index (κ1) is 37.9. The first-order valence-corrected chi connectivity index (χ1v) is 22.4. The molecule has 0 radical (unpaired) electrons. The standard InChI is InChI=1S/C60H48N4/c1-37-40(4)61(47-16-10-7-11-17-47)56-27-22-43(32-51(37)56)45-24-29-59-54(34-45)55-35-46(44-23-28-57-52(33-44)38(2)41(5)62(57)48-18-12-8-13-19-48)25-30-60(55)64(59)50-26-31-58-53(36-50)39(3)42(6)63(58)49-20-14-9-15-21-49/h7-36H,1-6H3. The third kappa shape index (κ3) is 5.62. The number of hydrogen-bond donors (Lipinski definition) is 0. The van der Waals surface area contributed by atoms with Gasteiger partial charge in [0.1, 0.15) is 0 Å². The van der Waals surface area contributed by atoms with Gasteiger partial charge in [0.2, 0.25) is 0 Å². The zero-order valence-corrected chi connectivity index (χ0v) is 37.1. The molecule has 0 amide bonds. The van der Waals surface area contributed by atoms with Gasteiger partial charge in [-0.2, -0.15) is 0 Å². The minimum Gasteiger partial charge on any atom is -0.314 e. The van der Waals surface area contributed by atoms with Crippen LogP contribution in [-0.4, -0.2) is 18.3 Å². The van der Waals surface area contributed by atoms with Crippen molar-refractivity contribution in [2.45, 2.75) is 41.5 Å². The number of nitrogens with zero attached hydrogens (tertiary/aromatic N) is 4. The highest BCUT2D eigenvalue weighted by molar-refractivity contribution is 6.12. The lowest BCUT2D eigenvalue weighted by molar-refractivity contribution is 1.04. The fraction of sp³-hybridized carbons (Fsp3) is 0.100. The van der Waals surface area contributed by atoms with E-state index in [1.54, 1.807) is 0 Å². The van der Waals surface area contributed by atoms with E-state index < -0.39 is 0 Å². The van der Waals surface area contributed by atoms with Crippen molar-refractivity contribution in [2.24, 2.45) is 0 Å². The summed E-state index contributed by atoms with van der Waals surface area (Å²) in [5.41, 5.74) is 23.4. The minimum atomic E-state index is 1.16. The maximum atomic E-state index is 2.47. The number of rotatable bonds is 6. The van der Waals surface area contributed by atoms with Crippen molar-refractivity contribution >= 4 is 54.5 Å². The molecule has 0 bridgehead atoms. The van der Waals surface area contributed by atoms with Crippen molar-refractivity contribution in [3.63, 3.8) is 0 Å². The second kappa shape index (κ2) is 14.4. The average molecular weight is 825 g/mol. The number of aromatic nitrogens is 4. The van der Waals surface area contributed by atoms with E-state index in [9.17, 15) is 0 Å². The summed E-state index contributed by atoms with van der Waals surface area (Å²) < 4.78 is 9.63. The van der Waals surface area contributed by atoms with Crippen molar-refractivity contribution in [1.82, 2.24) is 18.3 Å². The Morgan fingerprint density at radius 2 is 0.516 bits per heavy atom. The zero-order valence-electron chi connectivity index (χ0n) is 37.1. The number of aryl methyl sites for hydroxylation is 3. The highest BCUT2D eigenvalue weighted by atomic mass is 15.0. The van der Waals surface area contributed by atoms with Crippen molar-refractivity contribution in [3.05, 3.63) is 216 Å². The van der Waals surface area contributed by atoms with Crippen LogP contribution in [0.4, 0.5) is 0 Å². The number of benzene rings is 8. The normalized spacial score (nSPS) is 11.9. The van der Waals surface area contributed by atoms with Crippen LogP contribution in [0.2, 0.25) is 0 Å². The van der Waals surface area contributed by atoms with Crippen LogP contribution in [0.25, 0.3) is 99.5 Å². The van der Waals surface area contributed by atoms with Crippen LogP contribution in [0.5, 0.6) is 0 Å². The van der Waals surface area contributed by atoms with Gasteiger partial charge in [-0.1, -0.05) is 78.9 Å². The molecule has 4 aromatic heterocycles. The molecule has 0 aliphatic heterocycles. The molecule has 0 N–H and O–H groups in total. The second-order valence-corrected chi connectivity index (χ2v) is 17.6. The summed E-state index contributed by atoms with van der Waals surface area (Å²) in [6.45, 7) is 13.5. The number of para-hydroxylation sites is 3. The molecule has 0 spiro atoms. The number of fused-ring (bicyclic) bond motifs is 6. The maximum Gasteiger partial charge on any atom is 0.0541 e. The molecule has 8 aromatic carbocycles. The molecule has 4 heterocycles. The van der Waals surface area contributed by atoms with Crippen molar-refractivity contribution < 1.29 is 0 Å². The van der Waals surface area contributed by atoms with Gasteiger partial charge in [-0.25, -0.2) is 0 Å². The Morgan fingerprint density at radius 3 is 0.859 bits per heavy atom. The van der Waals surface area contributed by atoms with E-state index >= 15 is 0 Å². The third-order valence-electron chi connectivity index (χ3n) is 14.3. The van der Waals surface area contributed by atoms with Gasteiger partial charge in [0.25, 0.3) is 0 Å². The second-order valence-electron chi connectivity index (χ2n) is 17.6. The SMILES string of the molecule is Cc1c(C)n(-c2ccccc2)c2ccc(-c3ccc4c(c3)c3cc(-c5ccc6c(c5)c(C)c(C)n6-c5ccccc5)ccc3n4-c3ccc4c(c3)c(C)c(C)n4-c3ccccc3)cc12. The summed E-state index contributed by atoms with van der Waals surface area (Å²) in [6, 6.07) is 67.2. The van der Waals surface area contributed by atoms with Gasteiger partial charge in [-0.15, -0.1) is 0 Å². The first-order valence-electron chi connectivity index (χ1n) is 22.4. The lowest BCUT2D eigenvalue weighted by Crippen LogP contribution is -1.97. The predicted molar refractivity (Wildman–Crippen MR) is 271 cm³/mol. The van der Waals surface area contributed by atoms with Crippen LogP contribution in [0, 0.1) is 41.5 Å². The Bertz CT molecular complexity index is 3630. The molecule has 64 heavy (non-hydrogen) atoms. The van der Waals surface area contributed by atoms with E-state index in [1.165, 1.54) is 128 Å². The van der Waals surface area contributed by atoms with Crippen LogP contribution in [0.3, 0.4) is 0 Å². The largest absolute Gasteiger partial charge is 0.314 e. The van der Waals surface area contributed by atoms with Gasteiger partial charge in [0.05, 0.1) is 27.6 Å². The van der Waals surface area contributed by atoms with Crippen LogP contribution < -0.4 is 0 Å². The molecule has 0 fully saturated rings. The Morgan fingerprint density at radius 1 is 0.234 bits per heavy atom. The van der Waals surface area contributed by atoms with Gasteiger partial charge in [0, 0.05) is 66.8 Å². The van der Waals surface area contributed by atoms with Gasteiger partial charge < -0.3 is 18.3 Å². The van der Waals surface area contributed by atoms with Crippen molar-refractivity contribution in [1.29, 1.82) is 0 Å². The summed E-state index contributed by atoms with van der Waals surface area (Å²) in [4.78, 5) is 0. The summed E-state index contributed by atoms with van der Waals surface area (Å²) in [5.74, 6) is 0. The molecule has 4 nitrogen and oxygen atoms in total. The Balaban J connectivity index is 1.05. The minimum absolute atomic E-state index is 1.16. The fourth-order valence-electron chi connectivity index (χ4n) is 10.6. The molecular formula is C60H48N4. The van der Waals surface area contributed by atoms with E-state index in [1.807, 2.05) is 0 Å². The van der Waals surface area contributed by atoms with E-state index in [2.05, 4.69) is 242 Å². The Kier molecular flexibility index (Phi) is 8.51. The van der Waals surface area contributed by atoms with Gasteiger partial charge in [-0.05, 0) is 184 Å². The molecule has 0 aliphatic carbocycles. The molecule has 12 aromatic rings. The summed E-state index contributed by atoms with van der Waals surface area (Å²) >= 11 is 0. The maximum absolute atomic E-state index is 2.47. The third-order valence-corrected chi connectivity index (χ3v) is 14.3. The van der Waals surface area contributed by atoms with Crippen molar-refractivity contribution in [3.8, 4) is 45.0 Å². The quantitative estimate of drug-likeness (QED) is 0.159. The molecule has 12 rings (SSSR count). The molecule has 0 saturated heterocycles. The van der Waals surface area contributed by atoms with Gasteiger partial charge in [0.15, 0.2) is 0 Å². The highest BCUT2D eigenvalue weighted by Crippen LogP contribution is 2.41. The highest BCUT2D eigenvalue weighted by Gasteiger charge is 2.20. The summed E-state index contributed by atoms with van der Waals surface area (Å²) in [5, 5.41) is 6.31. The van der Waals surface area contributed by atoms with E-state index in [-0.39, 0.29) is 0 Å². The van der Waals surface area contributed by atoms with Crippen molar-refractivity contribution in [2.75, 3.05) is 0 Å². The summed E-state index contributed by atoms with van der Waals surface area (Å²) in [6.07, 6.45) is 0.